The minimum absolute atomic E-state index is 0.0225. The fourth-order valence-electron chi connectivity index (χ4n) is 3.12. The van der Waals surface area contributed by atoms with Crippen LogP contribution in [0.5, 0.6) is 11.5 Å². The number of amides is 1. The number of benzene rings is 3. The third-order valence-electron chi connectivity index (χ3n) is 4.81. The van der Waals surface area contributed by atoms with Crippen molar-refractivity contribution in [3.63, 3.8) is 0 Å². The van der Waals surface area contributed by atoms with E-state index in [0.29, 0.717) is 34.5 Å². The van der Waals surface area contributed by atoms with Crippen molar-refractivity contribution in [2.24, 2.45) is 5.10 Å². The Balaban J connectivity index is 1.31. The number of oxazole rings is 1. The molecular weight excluding hydrogens is 484 g/mol. The molecule has 1 N–H and O–H groups in total. The largest absolute Gasteiger partial charge is 0.490 e. The summed E-state index contributed by atoms with van der Waals surface area (Å²) in [6.45, 7) is 2.51. The van der Waals surface area contributed by atoms with Gasteiger partial charge in [0.1, 0.15) is 12.1 Å². The molecule has 0 unspecified atom stereocenters. The van der Waals surface area contributed by atoms with E-state index in [1.54, 1.807) is 30.3 Å². The minimum atomic E-state index is -0.447. The Bertz CT molecular complexity index is 1350. The first kappa shape index (κ1) is 24.7. The van der Waals surface area contributed by atoms with E-state index in [4.69, 9.17) is 13.9 Å². The number of para-hydroxylation sites is 2. The van der Waals surface area contributed by atoms with E-state index in [2.05, 4.69) is 15.5 Å². The molecule has 3 aromatic carbocycles. The van der Waals surface area contributed by atoms with Gasteiger partial charge in [0.05, 0.1) is 23.5 Å². The molecule has 0 saturated carbocycles. The first-order valence-electron chi connectivity index (χ1n) is 10.9. The number of non-ortho nitro benzene ring substituents is 1. The summed E-state index contributed by atoms with van der Waals surface area (Å²) in [6, 6.07) is 18.8. The first-order valence-corrected chi connectivity index (χ1v) is 11.9. The molecule has 0 aliphatic rings. The van der Waals surface area contributed by atoms with Gasteiger partial charge in [0, 0.05) is 12.1 Å². The van der Waals surface area contributed by atoms with Crippen molar-refractivity contribution in [2.75, 3.05) is 12.4 Å². The highest BCUT2D eigenvalue weighted by Crippen LogP contribution is 2.29. The normalized spacial score (nSPS) is 11.0. The van der Waals surface area contributed by atoms with E-state index < -0.39 is 4.92 Å². The number of ether oxygens (including phenoxy) is 2. The predicted molar refractivity (Wildman–Crippen MR) is 136 cm³/mol. The van der Waals surface area contributed by atoms with Gasteiger partial charge in [0.2, 0.25) is 0 Å². The number of nitrogens with zero attached hydrogens (tertiary/aromatic N) is 3. The third-order valence-corrected chi connectivity index (χ3v) is 5.64. The summed E-state index contributed by atoms with van der Waals surface area (Å²) in [6.07, 6.45) is 1.50. The van der Waals surface area contributed by atoms with Crippen LogP contribution in [-0.2, 0) is 11.4 Å². The maximum atomic E-state index is 12.1. The number of carbonyl (C=O) groups excluding carboxylic acids is 1. The maximum Gasteiger partial charge on any atom is 0.269 e. The second-order valence-corrected chi connectivity index (χ2v) is 8.31. The zero-order chi connectivity index (χ0) is 25.3. The predicted octanol–water partition coefficient (Wildman–Crippen LogP) is 4.96. The van der Waals surface area contributed by atoms with Crippen LogP contribution in [0.1, 0.15) is 18.1 Å². The van der Waals surface area contributed by atoms with E-state index >= 15 is 0 Å². The van der Waals surface area contributed by atoms with Crippen LogP contribution in [0.2, 0.25) is 0 Å². The summed E-state index contributed by atoms with van der Waals surface area (Å²) in [7, 11) is 0. The standard InChI is InChI=1S/C25H22N4O6S/c1-2-33-23-13-18(9-12-22(23)34-15-17-7-10-19(11-8-17)29(31)32)14-26-28-24(30)16-36-25-27-20-5-3-4-6-21(20)35-25/h3-14H,2,15-16H2,1H3,(H,28,30)/b26-14-. The quantitative estimate of drug-likeness (QED) is 0.131. The Labute approximate surface area is 210 Å². The number of hydrogen-bond acceptors (Lipinski definition) is 9. The monoisotopic (exact) mass is 506 g/mol. The number of rotatable bonds is 11. The number of nitro benzene ring substituents is 1. The van der Waals surface area contributed by atoms with E-state index in [0.717, 1.165) is 11.1 Å². The molecule has 0 bridgehead atoms. The van der Waals surface area contributed by atoms with Crippen molar-refractivity contribution in [3.05, 3.63) is 88.0 Å². The number of nitro groups is 1. The molecule has 0 radical (unpaired) electrons. The van der Waals surface area contributed by atoms with E-state index in [1.807, 2.05) is 31.2 Å². The van der Waals surface area contributed by atoms with Crippen LogP contribution >= 0.6 is 11.8 Å². The fourth-order valence-corrected chi connectivity index (χ4v) is 3.75. The summed E-state index contributed by atoms with van der Waals surface area (Å²) < 4.78 is 17.1. The van der Waals surface area contributed by atoms with Gasteiger partial charge in [-0.1, -0.05) is 23.9 Å². The molecule has 0 aliphatic carbocycles. The second-order valence-electron chi connectivity index (χ2n) is 7.38. The molecule has 184 valence electrons. The van der Waals surface area contributed by atoms with E-state index in [-0.39, 0.29) is 24.0 Å². The van der Waals surface area contributed by atoms with Gasteiger partial charge in [-0.3, -0.25) is 14.9 Å². The van der Waals surface area contributed by atoms with Crippen LogP contribution in [0.25, 0.3) is 11.1 Å². The van der Waals surface area contributed by atoms with Gasteiger partial charge in [0.25, 0.3) is 16.8 Å². The zero-order valence-electron chi connectivity index (χ0n) is 19.2. The average Bonchev–Trinajstić information content (AvgIpc) is 3.30. The molecule has 0 saturated heterocycles. The molecule has 0 atom stereocenters. The number of thioether (sulfide) groups is 1. The van der Waals surface area contributed by atoms with Gasteiger partial charge in [0.15, 0.2) is 17.1 Å². The smallest absolute Gasteiger partial charge is 0.269 e. The minimum Gasteiger partial charge on any atom is -0.490 e. The number of nitrogens with one attached hydrogen (secondary N) is 1. The van der Waals surface area contributed by atoms with Crippen molar-refractivity contribution in [3.8, 4) is 11.5 Å². The Morgan fingerprint density at radius 2 is 1.94 bits per heavy atom. The summed E-state index contributed by atoms with van der Waals surface area (Å²) in [4.78, 5) is 26.8. The lowest BCUT2D eigenvalue weighted by atomic mass is 10.2. The van der Waals surface area contributed by atoms with Crippen LogP contribution in [0.4, 0.5) is 5.69 Å². The summed E-state index contributed by atoms with van der Waals surface area (Å²) >= 11 is 1.18. The lowest BCUT2D eigenvalue weighted by Gasteiger charge is -2.12. The SMILES string of the molecule is CCOc1cc(/C=N\NC(=O)CSc2nc3ccccc3o2)ccc1OCc1ccc([N+](=O)[O-])cc1. The molecule has 0 spiro atoms. The Morgan fingerprint density at radius 3 is 2.69 bits per heavy atom. The van der Waals surface area contributed by atoms with Crippen molar-refractivity contribution >= 4 is 40.7 Å². The van der Waals surface area contributed by atoms with Crippen LogP contribution in [0.3, 0.4) is 0 Å². The van der Waals surface area contributed by atoms with Crippen molar-refractivity contribution in [1.29, 1.82) is 0 Å². The molecule has 4 rings (SSSR count). The van der Waals surface area contributed by atoms with Gasteiger partial charge in [-0.15, -0.1) is 0 Å². The maximum absolute atomic E-state index is 12.1. The summed E-state index contributed by atoms with van der Waals surface area (Å²) in [5, 5.41) is 15.2. The van der Waals surface area contributed by atoms with E-state index in [1.165, 1.54) is 30.1 Å². The molecule has 1 aromatic heterocycles. The van der Waals surface area contributed by atoms with Gasteiger partial charge in [-0.05, 0) is 60.5 Å². The van der Waals surface area contributed by atoms with Gasteiger partial charge in [-0.25, -0.2) is 10.4 Å². The number of aromatic nitrogens is 1. The van der Waals surface area contributed by atoms with E-state index in [9.17, 15) is 14.9 Å². The molecular formula is C25H22N4O6S. The van der Waals surface area contributed by atoms with Crippen molar-refractivity contribution in [2.45, 2.75) is 18.8 Å². The lowest BCUT2D eigenvalue weighted by Crippen LogP contribution is -2.19. The number of hydrogen-bond donors (Lipinski definition) is 1. The van der Waals surface area contributed by atoms with Gasteiger partial charge in [-0.2, -0.15) is 5.10 Å². The Kier molecular flexibility index (Phi) is 8.14. The first-order chi connectivity index (χ1) is 17.5. The van der Waals surface area contributed by atoms with Crippen LogP contribution in [-0.4, -0.2) is 34.4 Å². The summed E-state index contributed by atoms with van der Waals surface area (Å²) in [5.74, 6) is 0.836. The fraction of sp³-hybridized carbons (Fsp3) is 0.160. The number of fused-ring (bicyclic) bond motifs is 1. The highest BCUT2D eigenvalue weighted by atomic mass is 32.2. The highest BCUT2D eigenvalue weighted by Gasteiger charge is 2.10. The van der Waals surface area contributed by atoms with Gasteiger partial charge < -0.3 is 13.9 Å². The molecule has 1 amide bonds. The highest BCUT2D eigenvalue weighted by molar-refractivity contribution is 7.99. The average molecular weight is 507 g/mol. The van der Waals surface area contributed by atoms with Crippen molar-refractivity contribution < 1.29 is 23.6 Å². The zero-order valence-corrected chi connectivity index (χ0v) is 20.1. The molecule has 0 fully saturated rings. The molecule has 11 heteroatoms. The topological polar surface area (TPSA) is 129 Å². The van der Waals surface area contributed by atoms with Crippen LogP contribution in [0, 0.1) is 10.1 Å². The third kappa shape index (κ3) is 6.60. The molecule has 4 aromatic rings. The lowest BCUT2D eigenvalue weighted by molar-refractivity contribution is -0.384. The Hall–Kier alpha value is -4.38. The Morgan fingerprint density at radius 1 is 1.14 bits per heavy atom. The number of hydrazone groups is 1. The molecule has 36 heavy (non-hydrogen) atoms. The van der Waals surface area contributed by atoms with Crippen LogP contribution in [0.15, 0.2) is 81.5 Å². The molecule has 10 nitrogen and oxygen atoms in total. The molecule has 1 heterocycles. The second kappa shape index (κ2) is 11.8. The van der Waals surface area contributed by atoms with Crippen molar-refractivity contribution in [1.82, 2.24) is 10.4 Å². The van der Waals surface area contributed by atoms with Crippen LogP contribution < -0.4 is 14.9 Å². The molecule has 0 aliphatic heterocycles. The summed E-state index contributed by atoms with van der Waals surface area (Å²) in [5.41, 5.74) is 5.40. The van der Waals surface area contributed by atoms with Gasteiger partial charge >= 0.3 is 0 Å². The number of carbonyl (C=O) groups is 1.